The molecule has 0 aliphatic heterocycles. The molecule has 1 rings (SSSR count). The molecule has 1 atom stereocenters. The topological polar surface area (TPSA) is 133 Å². The fraction of sp³-hybridized carbons (Fsp3) is 0.455. The maximum absolute atomic E-state index is 11.2. The highest BCUT2D eigenvalue weighted by Crippen LogP contribution is 2.45. The highest BCUT2D eigenvalue weighted by molar-refractivity contribution is 8.13. The number of pyridine rings is 1. The average molecular weight is 370 g/mol. The van der Waals surface area contributed by atoms with Crippen molar-refractivity contribution in [2.24, 2.45) is 0 Å². The first-order valence-electron chi connectivity index (χ1n) is 6.13. The van der Waals surface area contributed by atoms with Crippen LogP contribution in [0.1, 0.15) is 12.5 Å². The largest absolute Gasteiger partial charge is 0.346 e. The van der Waals surface area contributed by atoms with Gasteiger partial charge in [-0.05, 0) is 6.07 Å². The summed E-state index contributed by atoms with van der Waals surface area (Å²) in [6.07, 6.45) is 2.70. The van der Waals surface area contributed by atoms with E-state index in [0.717, 1.165) is 11.8 Å². The molecule has 1 aromatic rings. The van der Waals surface area contributed by atoms with Crippen LogP contribution in [0.25, 0.3) is 0 Å². The van der Waals surface area contributed by atoms with E-state index in [-0.39, 0.29) is 5.12 Å². The van der Waals surface area contributed by atoms with Crippen molar-refractivity contribution in [2.75, 3.05) is 5.75 Å². The molecule has 0 aromatic carbocycles. The second-order valence-electron chi connectivity index (χ2n) is 4.55. The number of nitrogens with zero attached hydrogens (tertiary/aromatic N) is 1. The Morgan fingerprint density at radius 1 is 1.45 bits per heavy atom. The van der Waals surface area contributed by atoms with Gasteiger partial charge in [0, 0.05) is 25.0 Å². The number of thioether (sulfide) groups is 1. The maximum Gasteiger partial charge on any atom is 0.346 e. The third-order valence-corrected chi connectivity index (χ3v) is 6.91. The predicted molar refractivity (Wildman–Crippen MR) is 80.9 cm³/mol. The van der Waals surface area contributed by atoms with E-state index in [1.807, 2.05) is 0 Å². The van der Waals surface area contributed by atoms with Gasteiger partial charge in [-0.2, -0.15) is 8.42 Å². The SMILES string of the molecule is CC(=O)SCC[n+]1cccc(CC(P(=O)(O)O)S(=O)(=O)O)c1. The van der Waals surface area contributed by atoms with Crippen LogP contribution in [0.5, 0.6) is 0 Å². The molecule has 0 saturated heterocycles. The zero-order valence-electron chi connectivity index (χ0n) is 11.7. The molecule has 0 bridgehead atoms. The van der Waals surface area contributed by atoms with E-state index >= 15 is 0 Å². The number of carbonyl (C=O) groups is 1. The minimum atomic E-state index is -5.01. The summed E-state index contributed by atoms with van der Waals surface area (Å²) in [5.41, 5.74) is 0.348. The van der Waals surface area contributed by atoms with Gasteiger partial charge in [0.1, 0.15) is 0 Å². The average Bonchev–Trinajstić information content (AvgIpc) is 2.33. The van der Waals surface area contributed by atoms with Crippen molar-refractivity contribution in [3.63, 3.8) is 0 Å². The smallest absolute Gasteiger partial charge is 0.323 e. The molecule has 124 valence electrons. The first-order valence-corrected chi connectivity index (χ1v) is 10.3. The molecule has 1 heterocycles. The van der Waals surface area contributed by atoms with Gasteiger partial charge in [-0.25, -0.2) is 4.57 Å². The van der Waals surface area contributed by atoms with E-state index in [9.17, 15) is 17.8 Å². The van der Waals surface area contributed by atoms with Crippen LogP contribution in [0.4, 0.5) is 0 Å². The van der Waals surface area contributed by atoms with E-state index in [1.54, 1.807) is 16.8 Å². The van der Waals surface area contributed by atoms with Crippen molar-refractivity contribution in [1.82, 2.24) is 0 Å². The maximum atomic E-state index is 11.2. The standard InChI is InChI=1S/C11H16NO7PS2/c1-9(13)21-6-5-12-4-2-3-10(8-12)7-11(20(14,15)16)22(17,18)19/h2-4,8,11H,5-7H2,1H3,(H2-,14,15,16,17,18,19)/p+1. The van der Waals surface area contributed by atoms with Crippen molar-refractivity contribution >= 4 is 34.6 Å². The van der Waals surface area contributed by atoms with Crippen LogP contribution in [-0.4, -0.2) is 38.6 Å². The summed E-state index contributed by atoms with van der Waals surface area (Å²) in [4.78, 5) is 26.8. The fourth-order valence-electron chi connectivity index (χ4n) is 1.73. The quantitative estimate of drug-likeness (QED) is 0.352. The lowest BCUT2D eigenvalue weighted by Crippen LogP contribution is -2.35. The number of hydrogen-bond donors (Lipinski definition) is 3. The van der Waals surface area contributed by atoms with Crippen molar-refractivity contribution in [1.29, 1.82) is 0 Å². The van der Waals surface area contributed by atoms with Crippen LogP contribution in [0.15, 0.2) is 24.5 Å². The van der Waals surface area contributed by atoms with Gasteiger partial charge in [0.05, 0.1) is 5.75 Å². The third kappa shape index (κ3) is 6.55. The molecular formula is C11H17NO7PS2+. The Balaban J connectivity index is 2.89. The molecule has 11 heteroatoms. The summed E-state index contributed by atoms with van der Waals surface area (Å²) >= 11 is 1.13. The highest BCUT2D eigenvalue weighted by atomic mass is 32.2. The van der Waals surface area contributed by atoms with Gasteiger partial charge in [-0.3, -0.25) is 13.9 Å². The molecule has 0 aliphatic rings. The first kappa shape index (κ1) is 19.3. The lowest BCUT2D eigenvalue weighted by molar-refractivity contribution is -0.692. The molecule has 1 aromatic heterocycles. The normalized spacial score (nSPS) is 13.8. The number of hydrogen-bond acceptors (Lipinski definition) is 5. The minimum absolute atomic E-state index is 0.0234. The summed E-state index contributed by atoms with van der Waals surface area (Å²) in [6.45, 7) is 1.92. The summed E-state index contributed by atoms with van der Waals surface area (Å²) in [6, 6.07) is 3.09. The zero-order chi connectivity index (χ0) is 17.0. The van der Waals surface area contributed by atoms with Crippen molar-refractivity contribution < 1.29 is 36.7 Å². The second-order valence-corrected chi connectivity index (χ2v) is 9.57. The molecule has 3 N–H and O–H groups in total. The van der Waals surface area contributed by atoms with Gasteiger partial charge in [0.15, 0.2) is 29.0 Å². The van der Waals surface area contributed by atoms with E-state index < -0.39 is 29.1 Å². The highest BCUT2D eigenvalue weighted by Gasteiger charge is 2.40. The van der Waals surface area contributed by atoms with Crippen LogP contribution in [0.3, 0.4) is 0 Å². The summed E-state index contributed by atoms with van der Waals surface area (Å²) < 4.78 is 44.1. The molecule has 1 unspecified atom stereocenters. The zero-order valence-corrected chi connectivity index (χ0v) is 14.2. The molecule has 0 aliphatic carbocycles. The van der Waals surface area contributed by atoms with Gasteiger partial charge in [-0.1, -0.05) is 11.8 Å². The summed E-state index contributed by atoms with van der Waals surface area (Å²) in [5.74, 6) is 0.518. The van der Waals surface area contributed by atoms with Gasteiger partial charge < -0.3 is 9.79 Å². The molecular weight excluding hydrogens is 353 g/mol. The van der Waals surface area contributed by atoms with Crippen LogP contribution < -0.4 is 4.57 Å². The van der Waals surface area contributed by atoms with Crippen LogP contribution in [0, 0.1) is 0 Å². The van der Waals surface area contributed by atoms with Gasteiger partial charge in [0.2, 0.25) is 0 Å². The van der Waals surface area contributed by atoms with Gasteiger partial charge >= 0.3 is 7.60 Å². The van der Waals surface area contributed by atoms with E-state index in [0.29, 0.717) is 17.9 Å². The second kappa shape index (κ2) is 7.67. The third-order valence-electron chi connectivity index (χ3n) is 2.70. The van der Waals surface area contributed by atoms with Crippen molar-refractivity contribution in [2.45, 2.75) is 24.9 Å². The monoisotopic (exact) mass is 370 g/mol. The Labute approximate surface area is 132 Å². The summed E-state index contributed by atoms with van der Waals surface area (Å²) in [7, 11) is -9.89. The van der Waals surface area contributed by atoms with Crippen molar-refractivity contribution in [3.05, 3.63) is 30.1 Å². The fourth-order valence-corrected chi connectivity index (χ4v) is 4.56. The number of aryl methyl sites for hydroxylation is 1. The molecule has 0 amide bonds. The molecule has 0 saturated carbocycles. The Bertz CT molecular complexity index is 685. The van der Waals surface area contributed by atoms with Gasteiger partial charge in [-0.15, -0.1) is 0 Å². The van der Waals surface area contributed by atoms with Crippen LogP contribution in [0.2, 0.25) is 0 Å². The molecule has 8 nitrogen and oxygen atoms in total. The Kier molecular flexibility index (Phi) is 6.72. The first-order chi connectivity index (χ1) is 10.00. The number of rotatable bonds is 7. The summed E-state index contributed by atoms with van der Waals surface area (Å²) in [5, 5.41) is -0.0234. The van der Waals surface area contributed by atoms with E-state index in [1.165, 1.54) is 19.2 Å². The Morgan fingerprint density at radius 3 is 2.59 bits per heavy atom. The molecule has 0 fully saturated rings. The van der Waals surface area contributed by atoms with E-state index in [4.69, 9.17) is 14.3 Å². The van der Waals surface area contributed by atoms with E-state index in [2.05, 4.69) is 0 Å². The number of aromatic nitrogens is 1. The lowest BCUT2D eigenvalue weighted by Gasteiger charge is -2.14. The van der Waals surface area contributed by atoms with Crippen LogP contribution >= 0.6 is 19.4 Å². The number of carbonyl (C=O) groups excluding carboxylic acids is 1. The van der Waals surface area contributed by atoms with Gasteiger partial charge in [0.25, 0.3) is 10.1 Å². The molecule has 22 heavy (non-hydrogen) atoms. The Morgan fingerprint density at radius 2 is 2.09 bits per heavy atom. The van der Waals surface area contributed by atoms with Crippen LogP contribution in [-0.2, 0) is 32.4 Å². The lowest BCUT2D eigenvalue weighted by atomic mass is 10.2. The minimum Gasteiger partial charge on any atom is -0.323 e. The predicted octanol–water partition coefficient (Wildman–Crippen LogP) is 0.188. The molecule has 0 radical (unpaired) electrons. The molecule has 0 spiro atoms. The van der Waals surface area contributed by atoms with Crippen molar-refractivity contribution in [3.8, 4) is 0 Å². The Hall–Kier alpha value is -0.770.